The van der Waals surface area contributed by atoms with Gasteiger partial charge in [0, 0.05) is 16.9 Å². The molecule has 1 aliphatic rings. The molecule has 0 unspecified atom stereocenters. The number of anilines is 1. The molecule has 1 aliphatic carbocycles. The molecule has 2 N–H and O–H groups in total. The zero-order valence-electron chi connectivity index (χ0n) is 10.2. The van der Waals surface area contributed by atoms with Crippen molar-refractivity contribution in [3.05, 3.63) is 22.5 Å². The molecule has 18 heavy (non-hydrogen) atoms. The zero-order chi connectivity index (χ0) is 12.5. The molecule has 5 heteroatoms. The zero-order valence-corrected chi connectivity index (χ0v) is 11.0. The number of amides is 1. The van der Waals surface area contributed by atoms with Gasteiger partial charge in [0.1, 0.15) is 5.69 Å². The van der Waals surface area contributed by atoms with Crippen LogP contribution in [0.15, 0.2) is 16.8 Å². The third-order valence-electron chi connectivity index (χ3n) is 3.19. The van der Waals surface area contributed by atoms with Crippen molar-refractivity contribution in [2.24, 2.45) is 5.92 Å². The maximum Gasteiger partial charge on any atom is 0.227 e. The van der Waals surface area contributed by atoms with Crippen LogP contribution in [0, 0.1) is 5.92 Å². The van der Waals surface area contributed by atoms with Crippen molar-refractivity contribution < 1.29 is 4.79 Å². The van der Waals surface area contributed by atoms with Gasteiger partial charge in [-0.1, -0.05) is 6.92 Å². The van der Waals surface area contributed by atoms with Gasteiger partial charge < -0.3 is 5.32 Å². The number of hydrogen-bond donors (Lipinski definition) is 2. The number of rotatable bonds is 4. The molecule has 4 nitrogen and oxygen atoms in total. The minimum Gasteiger partial charge on any atom is -0.322 e. The van der Waals surface area contributed by atoms with Crippen LogP contribution < -0.4 is 5.32 Å². The smallest absolute Gasteiger partial charge is 0.227 e. The Morgan fingerprint density at radius 3 is 3.06 bits per heavy atom. The minimum atomic E-state index is 0.127. The SMILES string of the molecule is CCc1[nH]nc(-c2ccsc2)c1NC(=O)C1CC1. The van der Waals surface area contributed by atoms with Gasteiger partial charge in [0.15, 0.2) is 0 Å². The number of hydrogen-bond acceptors (Lipinski definition) is 3. The van der Waals surface area contributed by atoms with E-state index in [0.717, 1.165) is 41.9 Å². The van der Waals surface area contributed by atoms with Crippen LogP contribution in [0.4, 0.5) is 5.69 Å². The highest BCUT2D eigenvalue weighted by molar-refractivity contribution is 7.08. The minimum absolute atomic E-state index is 0.127. The maximum atomic E-state index is 11.9. The maximum absolute atomic E-state index is 11.9. The fourth-order valence-electron chi connectivity index (χ4n) is 1.95. The summed E-state index contributed by atoms with van der Waals surface area (Å²) in [6.07, 6.45) is 2.86. The topological polar surface area (TPSA) is 57.8 Å². The van der Waals surface area contributed by atoms with Crippen molar-refractivity contribution in [1.82, 2.24) is 10.2 Å². The summed E-state index contributed by atoms with van der Waals surface area (Å²) >= 11 is 1.63. The molecule has 3 rings (SSSR count). The lowest BCUT2D eigenvalue weighted by atomic mass is 10.1. The fourth-order valence-corrected chi connectivity index (χ4v) is 2.59. The normalized spacial score (nSPS) is 14.7. The number of thiophene rings is 1. The molecule has 0 aliphatic heterocycles. The third-order valence-corrected chi connectivity index (χ3v) is 3.87. The van der Waals surface area contributed by atoms with Gasteiger partial charge in [0.2, 0.25) is 5.91 Å². The van der Waals surface area contributed by atoms with Crippen molar-refractivity contribution in [1.29, 1.82) is 0 Å². The first-order valence-electron chi connectivity index (χ1n) is 6.20. The van der Waals surface area contributed by atoms with Crippen LogP contribution in [0.3, 0.4) is 0 Å². The molecular weight excluding hydrogens is 246 g/mol. The molecule has 0 bridgehead atoms. The largest absolute Gasteiger partial charge is 0.322 e. The summed E-state index contributed by atoms with van der Waals surface area (Å²) in [5.41, 5.74) is 3.75. The van der Waals surface area contributed by atoms with E-state index in [0.29, 0.717) is 0 Å². The van der Waals surface area contributed by atoms with Gasteiger partial charge in [0.25, 0.3) is 0 Å². The second-order valence-electron chi connectivity index (χ2n) is 4.55. The Morgan fingerprint density at radius 1 is 1.61 bits per heavy atom. The Labute approximate surface area is 109 Å². The Kier molecular flexibility index (Phi) is 2.91. The second-order valence-corrected chi connectivity index (χ2v) is 5.33. The predicted octanol–water partition coefficient (Wildman–Crippen LogP) is 3.05. The first kappa shape index (κ1) is 11.5. The Hall–Kier alpha value is -1.62. The van der Waals surface area contributed by atoms with Gasteiger partial charge >= 0.3 is 0 Å². The number of aromatic nitrogens is 2. The van der Waals surface area contributed by atoms with E-state index >= 15 is 0 Å². The van der Waals surface area contributed by atoms with E-state index in [2.05, 4.69) is 22.4 Å². The third kappa shape index (κ3) is 2.06. The number of carbonyl (C=O) groups excluding carboxylic acids is 1. The van der Waals surface area contributed by atoms with E-state index in [1.165, 1.54) is 0 Å². The summed E-state index contributed by atoms with van der Waals surface area (Å²) < 4.78 is 0. The molecule has 94 valence electrons. The van der Waals surface area contributed by atoms with Gasteiger partial charge in [0.05, 0.1) is 11.4 Å². The summed E-state index contributed by atoms with van der Waals surface area (Å²) in [4.78, 5) is 11.9. The molecule has 2 aromatic heterocycles. The highest BCUT2D eigenvalue weighted by atomic mass is 32.1. The number of H-pyrrole nitrogens is 1. The van der Waals surface area contributed by atoms with Crippen molar-refractivity contribution in [3.8, 4) is 11.3 Å². The first-order chi connectivity index (χ1) is 8.79. The van der Waals surface area contributed by atoms with E-state index in [1.54, 1.807) is 11.3 Å². The van der Waals surface area contributed by atoms with E-state index in [9.17, 15) is 4.79 Å². The van der Waals surface area contributed by atoms with Crippen LogP contribution in [-0.2, 0) is 11.2 Å². The molecule has 1 fully saturated rings. The van der Waals surface area contributed by atoms with Crippen LogP contribution in [0.25, 0.3) is 11.3 Å². The summed E-state index contributed by atoms with van der Waals surface area (Å²) in [5, 5.41) is 14.4. The van der Waals surface area contributed by atoms with Crippen molar-refractivity contribution in [2.45, 2.75) is 26.2 Å². The quantitative estimate of drug-likeness (QED) is 0.888. The Bertz CT molecular complexity index is 555. The van der Waals surface area contributed by atoms with E-state index in [1.807, 2.05) is 16.8 Å². The molecule has 1 amide bonds. The number of aryl methyl sites for hydroxylation is 1. The van der Waals surface area contributed by atoms with Crippen LogP contribution in [0.1, 0.15) is 25.5 Å². The summed E-state index contributed by atoms with van der Waals surface area (Å²) in [5.74, 6) is 0.336. The number of nitrogens with one attached hydrogen (secondary N) is 2. The van der Waals surface area contributed by atoms with Crippen molar-refractivity contribution in [3.63, 3.8) is 0 Å². The molecule has 2 aromatic rings. The average molecular weight is 261 g/mol. The van der Waals surface area contributed by atoms with Crippen LogP contribution in [-0.4, -0.2) is 16.1 Å². The lowest BCUT2D eigenvalue weighted by Crippen LogP contribution is -2.14. The Balaban J connectivity index is 1.94. The first-order valence-corrected chi connectivity index (χ1v) is 7.14. The highest BCUT2D eigenvalue weighted by Gasteiger charge is 2.31. The van der Waals surface area contributed by atoms with Gasteiger partial charge in [-0.3, -0.25) is 9.89 Å². The van der Waals surface area contributed by atoms with Gasteiger partial charge in [-0.2, -0.15) is 16.4 Å². The molecule has 0 aromatic carbocycles. The molecule has 1 saturated carbocycles. The van der Waals surface area contributed by atoms with Gasteiger partial charge in [-0.05, 0) is 30.7 Å². The van der Waals surface area contributed by atoms with E-state index < -0.39 is 0 Å². The van der Waals surface area contributed by atoms with E-state index in [-0.39, 0.29) is 11.8 Å². The summed E-state index contributed by atoms with van der Waals surface area (Å²) in [6, 6.07) is 2.02. The van der Waals surface area contributed by atoms with Crippen LogP contribution >= 0.6 is 11.3 Å². The molecule has 0 atom stereocenters. The molecule has 0 radical (unpaired) electrons. The van der Waals surface area contributed by atoms with Gasteiger partial charge in [-0.15, -0.1) is 0 Å². The molecule has 0 spiro atoms. The van der Waals surface area contributed by atoms with Crippen molar-refractivity contribution in [2.75, 3.05) is 5.32 Å². The second kappa shape index (κ2) is 4.57. The van der Waals surface area contributed by atoms with Crippen LogP contribution in [0.5, 0.6) is 0 Å². The fraction of sp³-hybridized carbons (Fsp3) is 0.385. The lowest BCUT2D eigenvalue weighted by Gasteiger charge is -2.06. The van der Waals surface area contributed by atoms with E-state index in [4.69, 9.17) is 0 Å². The van der Waals surface area contributed by atoms with Crippen molar-refractivity contribution >= 4 is 22.9 Å². The number of nitrogens with zero attached hydrogens (tertiary/aromatic N) is 1. The molecule has 0 saturated heterocycles. The molecule has 2 heterocycles. The molecular formula is C13H15N3OS. The standard InChI is InChI=1S/C13H15N3OS/c1-2-10-12(14-13(17)8-3-4-8)11(16-15-10)9-5-6-18-7-9/h5-8H,2-4H2,1H3,(H,14,17)(H,15,16). The van der Waals surface area contributed by atoms with Crippen LogP contribution in [0.2, 0.25) is 0 Å². The summed E-state index contributed by atoms with van der Waals surface area (Å²) in [6.45, 7) is 2.05. The monoisotopic (exact) mass is 261 g/mol. The average Bonchev–Trinajstić information content (AvgIpc) is 2.95. The predicted molar refractivity (Wildman–Crippen MR) is 72.6 cm³/mol. The highest BCUT2D eigenvalue weighted by Crippen LogP contribution is 2.34. The number of aromatic amines is 1. The van der Waals surface area contributed by atoms with Gasteiger partial charge in [-0.25, -0.2) is 0 Å². The Morgan fingerprint density at radius 2 is 2.44 bits per heavy atom. The lowest BCUT2D eigenvalue weighted by molar-refractivity contribution is -0.117. The number of carbonyl (C=O) groups is 1. The summed E-state index contributed by atoms with van der Waals surface area (Å²) in [7, 11) is 0.